The van der Waals surface area contributed by atoms with Crippen LogP contribution < -0.4 is 15.5 Å². The van der Waals surface area contributed by atoms with Gasteiger partial charge in [-0.15, -0.1) is 0 Å². The molecule has 2 atom stereocenters. The number of carbonyl (C=O) groups is 3. The van der Waals surface area contributed by atoms with E-state index in [0.29, 0.717) is 30.4 Å². The number of fused-ring (bicyclic) bond motifs is 1. The first-order chi connectivity index (χ1) is 20.8. The maximum atomic E-state index is 14.0. The molecule has 43 heavy (non-hydrogen) atoms. The van der Waals surface area contributed by atoms with Crippen LogP contribution in [-0.4, -0.2) is 42.2 Å². The van der Waals surface area contributed by atoms with Crippen molar-refractivity contribution in [3.8, 4) is 0 Å². The van der Waals surface area contributed by atoms with Gasteiger partial charge in [0.05, 0.1) is 17.8 Å². The molecule has 218 valence electrons. The molecule has 4 aromatic rings. The monoisotopic (exact) mass is 580 g/mol. The Morgan fingerprint density at radius 3 is 2.19 bits per heavy atom. The van der Waals surface area contributed by atoms with Gasteiger partial charge in [0.15, 0.2) is 0 Å². The summed E-state index contributed by atoms with van der Waals surface area (Å²) in [5.41, 5.74) is 3.92. The van der Waals surface area contributed by atoms with E-state index in [4.69, 9.17) is 4.99 Å². The van der Waals surface area contributed by atoms with Gasteiger partial charge in [-0.2, -0.15) is 0 Å². The highest BCUT2D eigenvalue weighted by atomic mass is 19.1. The van der Waals surface area contributed by atoms with Crippen molar-refractivity contribution in [2.45, 2.75) is 32.0 Å². The van der Waals surface area contributed by atoms with E-state index < -0.39 is 41.6 Å². The summed E-state index contributed by atoms with van der Waals surface area (Å²) in [6, 6.07) is 28.4. The minimum absolute atomic E-state index is 0.130. The van der Waals surface area contributed by atoms with Crippen LogP contribution in [0.2, 0.25) is 0 Å². The lowest BCUT2D eigenvalue weighted by atomic mass is 10.00. The standard InChI is InChI=1S/C34H30F2N4O3/c1-22(37-30(41)20-24-18-26(35)21-27(36)19-24)33(42)39-32-34(43)40(17-16-23-10-4-2-5-11-23)29-15-9-8-14-28(29)31(38-32)25-12-6-3-7-13-25/h2-15,18-19,21-22,32H,16-17,20H2,1H3,(H,37,41)(H,39,42)/t22-,32?/m0/s1. The van der Waals surface area contributed by atoms with E-state index in [-0.39, 0.29) is 12.0 Å². The summed E-state index contributed by atoms with van der Waals surface area (Å²) in [6.07, 6.45) is -1.02. The van der Waals surface area contributed by atoms with Crippen LogP contribution in [0.3, 0.4) is 0 Å². The Labute approximate surface area is 248 Å². The quantitative estimate of drug-likeness (QED) is 0.304. The zero-order valence-electron chi connectivity index (χ0n) is 23.5. The third-order valence-corrected chi connectivity index (χ3v) is 7.06. The molecular formula is C34H30F2N4O3. The molecule has 4 aromatic carbocycles. The molecule has 5 rings (SSSR count). The number of para-hydroxylation sites is 1. The lowest BCUT2D eigenvalue weighted by Crippen LogP contribution is -2.53. The van der Waals surface area contributed by atoms with Gasteiger partial charge < -0.3 is 15.5 Å². The lowest BCUT2D eigenvalue weighted by molar-refractivity contribution is -0.130. The van der Waals surface area contributed by atoms with Gasteiger partial charge in [-0.25, -0.2) is 13.8 Å². The largest absolute Gasteiger partial charge is 0.344 e. The first-order valence-electron chi connectivity index (χ1n) is 13.9. The number of benzodiazepines with no additional fused rings is 1. The van der Waals surface area contributed by atoms with Crippen molar-refractivity contribution < 1.29 is 23.2 Å². The second kappa shape index (κ2) is 13.2. The molecule has 1 aliphatic rings. The number of rotatable bonds is 9. The molecular weight excluding hydrogens is 550 g/mol. The number of hydrogen-bond donors (Lipinski definition) is 2. The zero-order valence-corrected chi connectivity index (χ0v) is 23.5. The predicted molar refractivity (Wildman–Crippen MR) is 161 cm³/mol. The molecule has 1 aliphatic heterocycles. The van der Waals surface area contributed by atoms with E-state index in [2.05, 4.69) is 10.6 Å². The Morgan fingerprint density at radius 2 is 1.49 bits per heavy atom. The Bertz CT molecular complexity index is 1640. The van der Waals surface area contributed by atoms with Gasteiger partial charge in [0, 0.05) is 23.7 Å². The van der Waals surface area contributed by atoms with Gasteiger partial charge in [-0.05, 0) is 42.7 Å². The number of aliphatic imine (C=N–C) groups is 1. The van der Waals surface area contributed by atoms with Gasteiger partial charge in [0.2, 0.25) is 18.0 Å². The number of carbonyl (C=O) groups excluding carboxylic acids is 3. The lowest BCUT2D eigenvalue weighted by Gasteiger charge is -2.26. The molecule has 3 amide bonds. The molecule has 0 aromatic heterocycles. The van der Waals surface area contributed by atoms with Crippen LogP contribution in [0.25, 0.3) is 0 Å². The maximum absolute atomic E-state index is 14.0. The van der Waals surface area contributed by atoms with E-state index >= 15 is 0 Å². The van der Waals surface area contributed by atoms with Crippen LogP contribution >= 0.6 is 0 Å². The fourth-order valence-electron chi connectivity index (χ4n) is 4.98. The number of benzene rings is 4. The summed E-state index contributed by atoms with van der Waals surface area (Å²) in [5.74, 6) is -3.26. The molecule has 2 N–H and O–H groups in total. The molecule has 1 heterocycles. The van der Waals surface area contributed by atoms with Crippen molar-refractivity contribution in [1.29, 1.82) is 0 Å². The summed E-state index contributed by atoms with van der Waals surface area (Å²) in [4.78, 5) is 46.3. The first kappa shape index (κ1) is 29.3. The summed E-state index contributed by atoms with van der Waals surface area (Å²) in [5, 5.41) is 5.24. The highest BCUT2D eigenvalue weighted by molar-refractivity contribution is 6.20. The van der Waals surface area contributed by atoms with Crippen molar-refractivity contribution in [3.05, 3.63) is 137 Å². The summed E-state index contributed by atoms with van der Waals surface area (Å²) < 4.78 is 27.1. The van der Waals surface area contributed by atoms with Crippen LogP contribution in [0.4, 0.5) is 14.5 Å². The second-order valence-corrected chi connectivity index (χ2v) is 10.2. The van der Waals surface area contributed by atoms with E-state index in [9.17, 15) is 23.2 Å². The SMILES string of the molecule is C[C@H](NC(=O)Cc1cc(F)cc(F)c1)C(=O)NC1N=C(c2ccccc2)c2ccccc2N(CCc2ccccc2)C1=O. The van der Waals surface area contributed by atoms with E-state index in [0.717, 1.165) is 28.8 Å². The molecule has 9 heteroatoms. The second-order valence-electron chi connectivity index (χ2n) is 10.2. The van der Waals surface area contributed by atoms with Gasteiger partial charge in [-0.1, -0.05) is 78.9 Å². The van der Waals surface area contributed by atoms with Crippen molar-refractivity contribution >= 4 is 29.1 Å². The highest BCUT2D eigenvalue weighted by Crippen LogP contribution is 2.28. The first-order valence-corrected chi connectivity index (χ1v) is 13.9. The van der Waals surface area contributed by atoms with E-state index in [1.54, 1.807) is 4.90 Å². The molecule has 0 fully saturated rings. The Balaban J connectivity index is 1.40. The van der Waals surface area contributed by atoms with Crippen molar-refractivity contribution in [2.75, 3.05) is 11.4 Å². The Morgan fingerprint density at radius 1 is 0.860 bits per heavy atom. The number of hydrogen-bond acceptors (Lipinski definition) is 4. The Kier molecular flexibility index (Phi) is 9.00. The fourth-order valence-corrected chi connectivity index (χ4v) is 4.98. The molecule has 7 nitrogen and oxygen atoms in total. The molecule has 0 saturated heterocycles. The topological polar surface area (TPSA) is 90.9 Å². The normalized spacial score (nSPS) is 15.1. The van der Waals surface area contributed by atoms with E-state index in [1.807, 2.05) is 84.9 Å². The minimum Gasteiger partial charge on any atom is -0.344 e. The average molecular weight is 581 g/mol. The minimum atomic E-state index is -1.28. The summed E-state index contributed by atoms with van der Waals surface area (Å²) in [6.45, 7) is 1.81. The van der Waals surface area contributed by atoms with Crippen molar-refractivity contribution in [3.63, 3.8) is 0 Å². The highest BCUT2D eigenvalue weighted by Gasteiger charge is 2.33. The summed E-state index contributed by atoms with van der Waals surface area (Å²) >= 11 is 0. The van der Waals surface area contributed by atoms with Gasteiger partial charge >= 0.3 is 0 Å². The molecule has 0 spiro atoms. The molecule has 0 bridgehead atoms. The van der Waals surface area contributed by atoms with Gasteiger partial charge in [0.25, 0.3) is 5.91 Å². The number of nitrogens with one attached hydrogen (secondary N) is 2. The Hall–Kier alpha value is -5.18. The fraction of sp³-hybridized carbons (Fsp3) is 0.176. The third kappa shape index (κ3) is 7.19. The van der Waals surface area contributed by atoms with Crippen LogP contribution in [-0.2, 0) is 27.2 Å². The molecule has 0 saturated carbocycles. The van der Waals surface area contributed by atoms with Crippen LogP contribution in [0, 0.1) is 11.6 Å². The maximum Gasteiger partial charge on any atom is 0.272 e. The van der Waals surface area contributed by atoms with Crippen molar-refractivity contribution in [2.24, 2.45) is 4.99 Å². The van der Waals surface area contributed by atoms with Gasteiger partial charge in [-0.3, -0.25) is 14.4 Å². The van der Waals surface area contributed by atoms with Crippen LogP contribution in [0.5, 0.6) is 0 Å². The van der Waals surface area contributed by atoms with Crippen LogP contribution in [0.15, 0.2) is 108 Å². The summed E-state index contributed by atoms with van der Waals surface area (Å²) in [7, 11) is 0. The number of halogens is 2. The average Bonchev–Trinajstić information content (AvgIpc) is 3.10. The molecule has 0 radical (unpaired) electrons. The van der Waals surface area contributed by atoms with Crippen molar-refractivity contribution in [1.82, 2.24) is 10.6 Å². The van der Waals surface area contributed by atoms with E-state index in [1.165, 1.54) is 6.92 Å². The van der Waals surface area contributed by atoms with Crippen LogP contribution in [0.1, 0.15) is 29.2 Å². The number of amides is 3. The number of anilines is 1. The third-order valence-electron chi connectivity index (χ3n) is 7.06. The van der Waals surface area contributed by atoms with Gasteiger partial charge in [0.1, 0.15) is 17.7 Å². The molecule has 1 unspecified atom stereocenters. The smallest absolute Gasteiger partial charge is 0.272 e. The number of nitrogens with zero attached hydrogens (tertiary/aromatic N) is 2. The zero-order chi connectivity index (χ0) is 30.3. The molecule has 0 aliphatic carbocycles. The predicted octanol–water partition coefficient (Wildman–Crippen LogP) is 4.58.